The summed E-state index contributed by atoms with van der Waals surface area (Å²) in [5, 5.41) is 0. The molecule has 50 valence electrons. The van der Waals surface area contributed by atoms with Crippen molar-refractivity contribution in [3.05, 3.63) is 0 Å². The zero-order valence-corrected chi connectivity index (χ0v) is 11.6. The monoisotopic (exact) mass is 234 g/mol. The van der Waals surface area contributed by atoms with Crippen molar-refractivity contribution in [3.63, 3.8) is 0 Å². The maximum Gasteiger partial charge on any atom is 0.500 e. The van der Waals surface area contributed by atoms with Gasteiger partial charge in [0.25, 0.3) is 0 Å². The average molecular weight is 236 g/mol. The largest absolute Gasteiger partial charge is 0.500 e. The van der Waals surface area contributed by atoms with Crippen molar-refractivity contribution in [3.8, 4) is 0 Å². The molecule has 0 aromatic rings. The molecule has 0 saturated carbocycles. The molecule has 0 N–H and O–H groups in total. The van der Waals surface area contributed by atoms with E-state index in [1.54, 1.807) is 0 Å². The summed E-state index contributed by atoms with van der Waals surface area (Å²) in [5.74, 6) is 0. The molecule has 0 nitrogen and oxygen atoms in total. The van der Waals surface area contributed by atoms with Gasteiger partial charge in [0.05, 0.1) is 0 Å². The second-order valence-electron chi connectivity index (χ2n) is 2.24. The van der Waals surface area contributed by atoms with Gasteiger partial charge in [0, 0.05) is 0 Å². The molecule has 9 heavy (non-hydrogen) atoms. The molecule has 0 amide bonds. The van der Waals surface area contributed by atoms with Gasteiger partial charge in [-0.05, 0) is 0 Å². The SMILES string of the molecule is C[CH2][Mg][Cl].C[CH](C)[Mg][Br]. The summed E-state index contributed by atoms with van der Waals surface area (Å²) >= 11 is 3.51. The highest BCUT2D eigenvalue weighted by molar-refractivity contribution is 9.23. The molecule has 0 aromatic carbocycles. The summed E-state index contributed by atoms with van der Waals surface area (Å²) in [6.45, 7) is 6.58. The topological polar surface area (TPSA) is 0 Å². The maximum absolute atomic E-state index is 5.32. The Morgan fingerprint density at radius 3 is 1.78 bits per heavy atom. The van der Waals surface area contributed by atoms with Crippen LogP contribution in [-0.2, 0) is 0 Å². The Bertz CT molecular complexity index is 41.9. The highest BCUT2D eigenvalue weighted by atomic mass is 79.9. The number of halogens is 2. The van der Waals surface area contributed by atoms with Crippen LogP contribution in [0.3, 0.4) is 0 Å². The van der Waals surface area contributed by atoms with Gasteiger partial charge in [0.15, 0.2) is 0 Å². The van der Waals surface area contributed by atoms with Crippen LogP contribution in [0.4, 0.5) is 0 Å². The fourth-order valence-electron chi connectivity index (χ4n) is 0. The predicted molar refractivity (Wildman–Crippen MR) is 51.9 cm³/mol. The predicted octanol–water partition coefficient (Wildman–Crippen LogP) is 3.11. The lowest BCUT2D eigenvalue weighted by Gasteiger charge is -1.85. The van der Waals surface area contributed by atoms with Crippen LogP contribution in [0.15, 0.2) is 0 Å². The lowest BCUT2D eigenvalue weighted by molar-refractivity contribution is 1.07. The Hall–Kier alpha value is 2.30. The van der Waals surface area contributed by atoms with E-state index in [1.165, 1.54) is 4.55 Å². The molecular formula is C5H12BrClMg2. The van der Waals surface area contributed by atoms with Gasteiger partial charge in [-0.1, -0.05) is 20.8 Å². The van der Waals surface area contributed by atoms with Gasteiger partial charge in [-0.2, -0.15) is 0 Å². The Kier molecular flexibility index (Phi) is 19.9. The van der Waals surface area contributed by atoms with Crippen molar-refractivity contribution in [2.24, 2.45) is 0 Å². The first-order valence-electron chi connectivity index (χ1n) is 3.30. The van der Waals surface area contributed by atoms with Crippen LogP contribution in [0.5, 0.6) is 0 Å². The summed E-state index contributed by atoms with van der Waals surface area (Å²) in [7, 11) is 5.32. The third-order valence-corrected chi connectivity index (χ3v) is 6.51. The summed E-state index contributed by atoms with van der Waals surface area (Å²) < 4.78 is 2.16. The first-order valence-corrected chi connectivity index (χ1v) is 11.2. The Labute approximate surface area is 87.6 Å². The summed E-state index contributed by atoms with van der Waals surface area (Å²) in [6.07, 6.45) is 0. The minimum absolute atomic E-state index is 0.103. The van der Waals surface area contributed by atoms with E-state index in [9.17, 15) is 0 Å². The van der Waals surface area contributed by atoms with E-state index in [2.05, 4.69) is 33.7 Å². The van der Waals surface area contributed by atoms with Crippen molar-refractivity contribution in [2.45, 2.75) is 29.4 Å². The van der Waals surface area contributed by atoms with E-state index in [0.717, 1.165) is 4.05 Å². The Balaban J connectivity index is 0. The van der Waals surface area contributed by atoms with Crippen LogP contribution < -0.4 is 0 Å². The third kappa shape index (κ3) is 25.3. The van der Waals surface area contributed by atoms with Gasteiger partial charge in [-0.25, -0.2) is 0 Å². The molecular weight excluding hydrogens is 224 g/mol. The van der Waals surface area contributed by atoms with Crippen LogP contribution in [-0.4, -0.2) is 37.5 Å². The van der Waals surface area contributed by atoms with Gasteiger partial charge in [0.2, 0.25) is 0 Å². The highest BCUT2D eigenvalue weighted by Crippen LogP contribution is 1.98. The minimum Gasteiger partial charge on any atom is -0.346 e. The molecule has 0 fully saturated rings. The van der Waals surface area contributed by atoms with E-state index in [1.807, 2.05) is 0 Å². The molecule has 0 unspecified atom stereocenters. The molecule has 4 heteroatoms. The number of hydrogen-bond donors (Lipinski definition) is 0. The minimum atomic E-state index is -0.103. The molecule has 0 spiro atoms. The second-order valence-corrected chi connectivity index (χ2v) is 8.63. The molecule has 0 aromatic heterocycles. The molecule has 0 saturated heterocycles. The van der Waals surface area contributed by atoms with Crippen LogP contribution in [0.2, 0.25) is 8.60 Å². The number of hydrogen-bond acceptors (Lipinski definition) is 0. The Morgan fingerprint density at radius 2 is 1.78 bits per heavy atom. The Morgan fingerprint density at radius 1 is 1.56 bits per heavy atom. The molecule has 0 aliphatic rings. The van der Waals surface area contributed by atoms with Crippen LogP contribution >= 0.6 is 22.0 Å². The normalized spacial score (nSPS) is 6.89. The fraction of sp³-hybridized carbons (Fsp3) is 1.00. The van der Waals surface area contributed by atoms with Gasteiger partial charge in [-0.3, -0.25) is 0 Å². The van der Waals surface area contributed by atoms with Crippen molar-refractivity contribution in [1.29, 1.82) is 0 Å². The van der Waals surface area contributed by atoms with E-state index in [4.69, 9.17) is 9.07 Å². The average Bonchev–Trinajstić information content (AvgIpc) is 1.89. The standard InChI is InChI=1S/C3H7.C2H5.BrH.ClH.2Mg/c1-3-2;1-2;;;;/h3H,1-2H3;1H2,2H3;2*1H;;/q;;;;2*+1/p-2. The molecule has 0 bridgehead atoms. The second kappa shape index (κ2) is 12.9. The molecule has 0 aliphatic carbocycles. The molecule has 0 atom stereocenters. The van der Waals surface area contributed by atoms with Gasteiger partial charge < -0.3 is 22.0 Å². The van der Waals surface area contributed by atoms with E-state index in [-0.39, 0.29) is 37.5 Å². The first kappa shape index (κ1) is 13.9. The zero-order valence-electron chi connectivity index (χ0n) is 6.45. The molecule has 0 heterocycles. The summed E-state index contributed by atoms with van der Waals surface area (Å²) in [4.78, 5) is 0. The van der Waals surface area contributed by atoms with Gasteiger partial charge >= 0.3 is 37.5 Å². The van der Waals surface area contributed by atoms with E-state index >= 15 is 0 Å². The van der Waals surface area contributed by atoms with Gasteiger partial charge in [0.1, 0.15) is 0 Å². The summed E-state index contributed by atoms with van der Waals surface area (Å²) in [5.41, 5.74) is 0. The number of rotatable bonds is 2. The van der Waals surface area contributed by atoms with Gasteiger partial charge in [-0.15, -0.1) is 8.60 Å². The lowest BCUT2D eigenvalue weighted by Crippen LogP contribution is -1.79. The van der Waals surface area contributed by atoms with Crippen molar-refractivity contribution < 1.29 is 0 Å². The van der Waals surface area contributed by atoms with Crippen molar-refractivity contribution in [2.75, 3.05) is 0 Å². The maximum atomic E-state index is 5.32. The van der Waals surface area contributed by atoms with Crippen molar-refractivity contribution >= 4 is 59.4 Å². The van der Waals surface area contributed by atoms with Crippen molar-refractivity contribution in [1.82, 2.24) is 0 Å². The molecule has 0 aliphatic heterocycles. The van der Waals surface area contributed by atoms with Crippen LogP contribution in [0, 0.1) is 0 Å². The third-order valence-electron chi connectivity index (χ3n) is 0.498. The molecule has 0 radical (unpaired) electrons. The lowest BCUT2D eigenvalue weighted by atomic mass is 10.6. The quantitative estimate of drug-likeness (QED) is 0.646. The van der Waals surface area contributed by atoms with E-state index in [0.29, 0.717) is 0 Å². The smallest absolute Gasteiger partial charge is 0.346 e. The zero-order chi connectivity index (χ0) is 7.70. The fourth-order valence-corrected chi connectivity index (χ4v) is 0. The van der Waals surface area contributed by atoms with E-state index < -0.39 is 0 Å². The van der Waals surface area contributed by atoms with Crippen LogP contribution in [0.25, 0.3) is 0 Å². The highest BCUT2D eigenvalue weighted by Gasteiger charge is 1.91. The molecule has 0 rings (SSSR count). The summed E-state index contributed by atoms with van der Waals surface area (Å²) in [6, 6.07) is 0. The first-order chi connectivity index (χ1) is 4.18. The van der Waals surface area contributed by atoms with Crippen LogP contribution in [0.1, 0.15) is 20.8 Å².